The Kier molecular flexibility index (Phi) is 5.97. The smallest absolute Gasteiger partial charge is 0.141 e. The molecule has 0 spiro atoms. The molecule has 1 saturated heterocycles. The summed E-state index contributed by atoms with van der Waals surface area (Å²) < 4.78 is 11.3. The Bertz CT molecular complexity index is 446. The molecule has 1 fully saturated rings. The van der Waals surface area contributed by atoms with Gasteiger partial charge >= 0.3 is 0 Å². The molecule has 1 heterocycles. The van der Waals surface area contributed by atoms with E-state index in [1.165, 1.54) is 0 Å². The van der Waals surface area contributed by atoms with Crippen LogP contribution in [0.1, 0.15) is 25.3 Å². The van der Waals surface area contributed by atoms with Gasteiger partial charge in [-0.2, -0.15) is 0 Å². The van der Waals surface area contributed by atoms with E-state index >= 15 is 0 Å². The van der Waals surface area contributed by atoms with Crippen molar-refractivity contribution in [3.63, 3.8) is 0 Å². The molecule has 112 valence electrons. The first-order chi connectivity index (χ1) is 9.56. The molecule has 2 N–H and O–H groups in total. The van der Waals surface area contributed by atoms with Gasteiger partial charge in [0.1, 0.15) is 5.75 Å². The van der Waals surface area contributed by atoms with E-state index < -0.39 is 0 Å². The third-order valence-electron chi connectivity index (χ3n) is 3.43. The molecule has 1 aliphatic rings. The molecule has 0 radical (unpaired) electrons. The normalized spacial score (nSPS) is 18.0. The van der Waals surface area contributed by atoms with E-state index in [9.17, 15) is 0 Å². The van der Waals surface area contributed by atoms with Gasteiger partial charge in [-0.05, 0) is 49.8 Å². The molecule has 1 aromatic rings. The van der Waals surface area contributed by atoms with Crippen LogP contribution in [0.5, 0.6) is 5.75 Å². The molecule has 3 nitrogen and oxygen atoms in total. The number of hydrogen-bond donors (Lipinski definition) is 1. The Labute approximate surface area is 130 Å². The molecule has 1 aliphatic heterocycles. The predicted octanol–water partition coefficient (Wildman–Crippen LogP) is 3.69. The van der Waals surface area contributed by atoms with Crippen LogP contribution in [0.3, 0.4) is 0 Å². The molecule has 0 saturated carbocycles. The van der Waals surface area contributed by atoms with E-state index in [0.29, 0.717) is 29.0 Å². The summed E-state index contributed by atoms with van der Waals surface area (Å²) in [6.45, 7) is 4.25. The zero-order valence-electron chi connectivity index (χ0n) is 11.7. The van der Waals surface area contributed by atoms with Gasteiger partial charge < -0.3 is 15.2 Å². The SMILES string of the molecule is CC(N)Cc1cc(Cl)cc(Cl)c1OCC1CCOCC1. The molecule has 0 aromatic heterocycles. The molecule has 1 atom stereocenters. The van der Waals surface area contributed by atoms with Crippen LogP contribution >= 0.6 is 23.2 Å². The Hall–Kier alpha value is -0.480. The second kappa shape index (κ2) is 7.51. The summed E-state index contributed by atoms with van der Waals surface area (Å²) in [4.78, 5) is 0. The second-order valence-electron chi connectivity index (χ2n) is 5.42. The lowest BCUT2D eigenvalue weighted by Crippen LogP contribution is -2.22. The van der Waals surface area contributed by atoms with Crippen molar-refractivity contribution in [1.29, 1.82) is 0 Å². The van der Waals surface area contributed by atoms with E-state index in [1.807, 2.05) is 13.0 Å². The number of nitrogens with two attached hydrogens (primary N) is 1. The predicted molar refractivity (Wildman–Crippen MR) is 82.9 cm³/mol. The van der Waals surface area contributed by atoms with E-state index in [0.717, 1.165) is 37.4 Å². The minimum Gasteiger partial charge on any atom is -0.491 e. The van der Waals surface area contributed by atoms with Gasteiger partial charge in [-0.1, -0.05) is 23.2 Å². The van der Waals surface area contributed by atoms with Crippen LogP contribution in [0.25, 0.3) is 0 Å². The lowest BCUT2D eigenvalue weighted by atomic mass is 10.0. The van der Waals surface area contributed by atoms with E-state index in [-0.39, 0.29) is 6.04 Å². The first kappa shape index (κ1) is 15.9. The number of hydrogen-bond acceptors (Lipinski definition) is 3. The Morgan fingerprint density at radius 3 is 2.70 bits per heavy atom. The lowest BCUT2D eigenvalue weighted by Gasteiger charge is -2.23. The monoisotopic (exact) mass is 317 g/mol. The average Bonchev–Trinajstić information content (AvgIpc) is 2.38. The van der Waals surface area contributed by atoms with E-state index in [1.54, 1.807) is 6.07 Å². The van der Waals surface area contributed by atoms with Crippen molar-refractivity contribution in [2.24, 2.45) is 11.7 Å². The van der Waals surface area contributed by atoms with Gasteiger partial charge in [0.05, 0.1) is 11.6 Å². The summed E-state index contributed by atoms with van der Waals surface area (Å²) in [6, 6.07) is 3.64. The molecule has 0 bridgehead atoms. The largest absolute Gasteiger partial charge is 0.491 e. The molecule has 1 unspecified atom stereocenters. The fraction of sp³-hybridized carbons (Fsp3) is 0.600. The number of halogens is 2. The summed E-state index contributed by atoms with van der Waals surface area (Å²) >= 11 is 12.3. The van der Waals surface area contributed by atoms with Crippen molar-refractivity contribution in [3.05, 3.63) is 27.7 Å². The molecule has 2 rings (SSSR count). The Balaban J connectivity index is 2.08. The van der Waals surface area contributed by atoms with Crippen LogP contribution in [0.4, 0.5) is 0 Å². The van der Waals surface area contributed by atoms with Crippen LogP contribution < -0.4 is 10.5 Å². The molecule has 0 aliphatic carbocycles. The third kappa shape index (κ3) is 4.52. The standard InChI is InChI=1S/C15H21Cl2NO2/c1-10(18)6-12-7-13(16)8-14(17)15(12)20-9-11-2-4-19-5-3-11/h7-8,10-11H,2-6,9,18H2,1H3. The van der Waals surface area contributed by atoms with Gasteiger partial charge in [-0.15, -0.1) is 0 Å². The molecule has 1 aromatic carbocycles. The summed E-state index contributed by atoms with van der Waals surface area (Å²) in [5.74, 6) is 1.25. The van der Waals surface area contributed by atoms with Crippen LogP contribution in [-0.4, -0.2) is 25.9 Å². The van der Waals surface area contributed by atoms with Gasteiger partial charge in [0.2, 0.25) is 0 Å². The third-order valence-corrected chi connectivity index (χ3v) is 3.93. The zero-order valence-corrected chi connectivity index (χ0v) is 13.2. The summed E-state index contributed by atoms with van der Waals surface area (Å²) in [5.41, 5.74) is 6.85. The minimum atomic E-state index is 0.0370. The van der Waals surface area contributed by atoms with Gasteiger partial charge in [-0.25, -0.2) is 0 Å². The van der Waals surface area contributed by atoms with Crippen molar-refractivity contribution in [2.75, 3.05) is 19.8 Å². The average molecular weight is 318 g/mol. The van der Waals surface area contributed by atoms with Crippen LogP contribution in [0.15, 0.2) is 12.1 Å². The van der Waals surface area contributed by atoms with Crippen molar-refractivity contribution in [2.45, 2.75) is 32.2 Å². The van der Waals surface area contributed by atoms with Gasteiger partial charge in [0.25, 0.3) is 0 Å². The lowest BCUT2D eigenvalue weighted by molar-refractivity contribution is 0.0496. The Morgan fingerprint density at radius 2 is 2.05 bits per heavy atom. The number of ether oxygens (including phenoxy) is 2. The van der Waals surface area contributed by atoms with Crippen molar-refractivity contribution in [1.82, 2.24) is 0 Å². The molecular weight excluding hydrogens is 297 g/mol. The minimum absolute atomic E-state index is 0.0370. The number of benzene rings is 1. The van der Waals surface area contributed by atoms with Gasteiger partial charge in [0.15, 0.2) is 0 Å². The topological polar surface area (TPSA) is 44.5 Å². The number of rotatable bonds is 5. The van der Waals surface area contributed by atoms with Gasteiger partial charge in [0, 0.05) is 24.3 Å². The van der Waals surface area contributed by atoms with Crippen molar-refractivity contribution >= 4 is 23.2 Å². The maximum atomic E-state index is 6.26. The van der Waals surface area contributed by atoms with E-state index in [2.05, 4.69) is 0 Å². The Morgan fingerprint density at radius 1 is 1.35 bits per heavy atom. The highest BCUT2D eigenvalue weighted by atomic mass is 35.5. The second-order valence-corrected chi connectivity index (χ2v) is 6.27. The van der Waals surface area contributed by atoms with Crippen LogP contribution in [-0.2, 0) is 11.2 Å². The van der Waals surface area contributed by atoms with Crippen molar-refractivity contribution < 1.29 is 9.47 Å². The highest BCUT2D eigenvalue weighted by Gasteiger charge is 2.17. The first-order valence-corrected chi connectivity index (χ1v) is 7.76. The van der Waals surface area contributed by atoms with Gasteiger partial charge in [-0.3, -0.25) is 0 Å². The fourth-order valence-corrected chi connectivity index (χ4v) is 2.98. The maximum Gasteiger partial charge on any atom is 0.141 e. The summed E-state index contributed by atoms with van der Waals surface area (Å²) in [7, 11) is 0. The first-order valence-electron chi connectivity index (χ1n) is 7.00. The highest BCUT2D eigenvalue weighted by Crippen LogP contribution is 2.34. The molecular formula is C15H21Cl2NO2. The van der Waals surface area contributed by atoms with Crippen LogP contribution in [0, 0.1) is 5.92 Å². The highest BCUT2D eigenvalue weighted by molar-refractivity contribution is 6.35. The molecule has 0 amide bonds. The van der Waals surface area contributed by atoms with E-state index in [4.69, 9.17) is 38.4 Å². The summed E-state index contributed by atoms with van der Waals surface area (Å²) in [6.07, 6.45) is 2.77. The maximum absolute atomic E-state index is 6.26. The van der Waals surface area contributed by atoms with Crippen molar-refractivity contribution in [3.8, 4) is 5.75 Å². The zero-order chi connectivity index (χ0) is 14.5. The quantitative estimate of drug-likeness (QED) is 0.900. The molecule has 20 heavy (non-hydrogen) atoms. The fourth-order valence-electron chi connectivity index (χ4n) is 2.39. The molecule has 5 heteroatoms. The summed E-state index contributed by atoms with van der Waals surface area (Å²) in [5, 5.41) is 1.17. The van der Waals surface area contributed by atoms with Crippen LogP contribution in [0.2, 0.25) is 10.0 Å².